The summed E-state index contributed by atoms with van der Waals surface area (Å²) in [6.45, 7) is 7.29. The summed E-state index contributed by atoms with van der Waals surface area (Å²) in [6, 6.07) is 18.7. The van der Waals surface area contributed by atoms with Crippen LogP contribution in [0.15, 0.2) is 60.4 Å². The van der Waals surface area contributed by atoms with Gasteiger partial charge >= 0.3 is 0 Å². The molecular formula is C21H9N5. The molecule has 1 aromatic heterocycles. The van der Waals surface area contributed by atoms with Crippen LogP contribution in [0.3, 0.4) is 0 Å². The molecule has 26 heavy (non-hydrogen) atoms. The molecule has 0 aliphatic heterocycles. The molecule has 0 bridgehead atoms. The first-order valence-electron chi connectivity index (χ1n) is 7.76. The fraction of sp³-hybridized carbons (Fsp3) is 0. The topological polar surface area (TPSA) is 77.7 Å². The number of benzene rings is 2. The molecule has 0 amide bonds. The Labute approximate surface area is 150 Å². The Balaban J connectivity index is 1.95. The van der Waals surface area contributed by atoms with E-state index < -0.39 is 0 Å². The highest BCUT2D eigenvalue weighted by Gasteiger charge is 2.29. The third kappa shape index (κ3) is 2.23. The maximum atomic E-state index is 9.32. The fourth-order valence-electron chi connectivity index (χ4n) is 3.03. The minimum absolute atomic E-state index is 0.0108. The van der Waals surface area contributed by atoms with Crippen LogP contribution in [0, 0.1) is 29.2 Å². The lowest BCUT2D eigenvalue weighted by Gasteiger charge is -2.05. The number of aromatic nitrogens is 2. The smallest absolute Gasteiger partial charge is 0.253 e. The zero-order valence-electron chi connectivity index (χ0n) is 13.4. The first-order valence-corrected chi connectivity index (χ1v) is 7.76. The molecule has 1 heterocycles. The maximum absolute atomic E-state index is 9.32. The van der Waals surface area contributed by atoms with Gasteiger partial charge in [0.1, 0.15) is 0 Å². The number of allylic oxidation sites excluding steroid dienone is 1. The van der Waals surface area contributed by atoms with Crippen LogP contribution in [0.1, 0.15) is 16.8 Å². The molecule has 0 spiro atoms. The summed E-state index contributed by atoms with van der Waals surface area (Å²) in [7, 11) is 0. The van der Waals surface area contributed by atoms with Crippen LogP contribution in [0.4, 0.5) is 0 Å². The molecule has 5 nitrogen and oxygen atoms in total. The van der Waals surface area contributed by atoms with E-state index >= 15 is 0 Å². The molecule has 3 aromatic rings. The van der Waals surface area contributed by atoms with Gasteiger partial charge in [0.05, 0.1) is 47.6 Å². The van der Waals surface area contributed by atoms with Gasteiger partial charge in [-0.05, 0) is 17.7 Å². The molecule has 118 valence electrons. The van der Waals surface area contributed by atoms with Crippen LogP contribution in [0.25, 0.3) is 32.9 Å². The van der Waals surface area contributed by atoms with Gasteiger partial charge in [-0.3, -0.25) is 4.98 Å². The first-order chi connectivity index (χ1) is 12.8. The van der Waals surface area contributed by atoms with E-state index in [1.165, 1.54) is 0 Å². The van der Waals surface area contributed by atoms with Crippen molar-refractivity contribution in [2.45, 2.75) is 0 Å². The molecule has 0 radical (unpaired) electrons. The van der Waals surface area contributed by atoms with Gasteiger partial charge in [0.15, 0.2) is 0 Å². The molecule has 0 saturated heterocycles. The van der Waals surface area contributed by atoms with Crippen LogP contribution >= 0.6 is 0 Å². The molecule has 1 aliphatic rings. The van der Waals surface area contributed by atoms with Crippen molar-refractivity contribution < 1.29 is 0 Å². The first kappa shape index (κ1) is 15.3. The molecule has 0 saturated carbocycles. The Hall–Kier alpha value is -4.27. The van der Waals surface area contributed by atoms with Gasteiger partial charge in [0.25, 0.3) is 5.70 Å². The van der Waals surface area contributed by atoms with E-state index in [2.05, 4.69) is 15.9 Å². The van der Waals surface area contributed by atoms with Crippen molar-refractivity contribution >= 4 is 5.57 Å². The largest absolute Gasteiger partial charge is 0.271 e. The Bertz CT molecular complexity index is 1180. The molecule has 2 aromatic carbocycles. The lowest BCUT2D eigenvalue weighted by Crippen LogP contribution is -1.94. The molecule has 0 N–H and O–H groups in total. The third-order valence-electron chi connectivity index (χ3n) is 4.23. The highest BCUT2D eigenvalue weighted by atomic mass is 14.8. The summed E-state index contributed by atoms with van der Waals surface area (Å²) < 4.78 is 0. The van der Waals surface area contributed by atoms with Crippen molar-refractivity contribution in [3.8, 4) is 34.7 Å². The number of fused-ring (bicyclic) bond motifs is 3. The van der Waals surface area contributed by atoms with Gasteiger partial charge in [0, 0.05) is 16.7 Å². The average molecular weight is 331 g/mol. The van der Waals surface area contributed by atoms with Gasteiger partial charge in [-0.1, -0.05) is 36.4 Å². The van der Waals surface area contributed by atoms with E-state index in [1.807, 2.05) is 42.5 Å². The van der Waals surface area contributed by atoms with Crippen LogP contribution in [-0.2, 0) is 0 Å². The highest BCUT2D eigenvalue weighted by Crippen LogP contribution is 2.44. The van der Waals surface area contributed by atoms with Crippen molar-refractivity contribution in [1.29, 1.82) is 10.5 Å². The van der Waals surface area contributed by atoms with Gasteiger partial charge < -0.3 is 0 Å². The predicted molar refractivity (Wildman–Crippen MR) is 95.9 cm³/mol. The standard InChI is InChI=1S/C21H9N5/c1-24-17(11-23)19-15-4-2-3-5-16(15)20-21(19)25-12-18(26-20)14-8-6-13(10-22)7-9-14/h2-9,12H. The zero-order valence-corrected chi connectivity index (χ0v) is 13.4. The third-order valence-corrected chi connectivity index (χ3v) is 4.23. The molecule has 0 atom stereocenters. The monoisotopic (exact) mass is 331 g/mol. The number of nitrogens with zero attached hydrogens (tertiary/aromatic N) is 5. The second-order valence-electron chi connectivity index (χ2n) is 5.63. The summed E-state index contributed by atoms with van der Waals surface area (Å²) in [6.07, 6.45) is 1.63. The Morgan fingerprint density at radius 2 is 1.69 bits per heavy atom. The fourth-order valence-corrected chi connectivity index (χ4v) is 3.03. The summed E-state index contributed by atoms with van der Waals surface area (Å²) in [4.78, 5) is 12.6. The van der Waals surface area contributed by atoms with E-state index in [0.29, 0.717) is 28.2 Å². The van der Waals surface area contributed by atoms with Gasteiger partial charge in [-0.15, -0.1) is 0 Å². The van der Waals surface area contributed by atoms with Crippen molar-refractivity contribution in [1.82, 2.24) is 9.97 Å². The zero-order chi connectivity index (χ0) is 18.1. The Kier molecular flexibility index (Phi) is 3.51. The van der Waals surface area contributed by atoms with Crippen LogP contribution in [0.5, 0.6) is 0 Å². The number of rotatable bonds is 1. The van der Waals surface area contributed by atoms with Crippen LogP contribution < -0.4 is 0 Å². The van der Waals surface area contributed by atoms with E-state index in [9.17, 15) is 5.26 Å². The molecule has 1 aliphatic carbocycles. The van der Waals surface area contributed by atoms with E-state index in [1.54, 1.807) is 18.3 Å². The summed E-state index contributed by atoms with van der Waals surface area (Å²) in [5.74, 6) is 0. The Morgan fingerprint density at radius 1 is 0.962 bits per heavy atom. The van der Waals surface area contributed by atoms with Crippen molar-refractivity contribution in [2.24, 2.45) is 0 Å². The van der Waals surface area contributed by atoms with E-state index in [4.69, 9.17) is 16.8 Å². The Morgan fingerprint density at radius 3 is 2.35 bits per heavy atom. The second-order valence-corrected chi connectivity index (χ2v) is 5.63. The predicted octanol–water partition coefficient (Wildman–Crippen LogP) is 4.20. The molecule has 5 heteroatoms. The minimum atomic E-state index is 0.0108. The second kappa shape index (κ2) is 5.98. The number of hydrogen-bond donors (Lipinski definition) is 0. The summed E-state index contributed by atoms with van der Waals surface area (Å²) in [5, 5.41) is 18.3. The number of nitriles is 2. The molecular weight excluding hydrogens is 322 g/mol. The quantitative estimate of drug-likeness (QED) is 0.387. The van der Waals surface area contributed by atoms with Gasteiger partial charge in [-0.2, -0.15) is 5.26 Å². The summed E-state index contributed by atoms with van der Waals surface area (Å²) >= 11 is 0. The van der Waals surface area contributed by atoms with Crippen LogP contribution in [-0.4, -0.2) is 9.97 Å². The normalized spacial score (nSPS) is 13.0. The minimum Gasteiger partial charge on any atom is -0.253 e. The van der Waals surface area contributed by atoms with Crippen molar-refractivity contribution in [2.75, 3.05) is 0 Å². The van der Waals surface area contributed by atoms with Gasteiger partial charge in [0.2, 0.25) is 0 Å². The van der Waals surface area contributed by atoms with E-state index in [-0.39, 0.29) is 5.70 Å². The van der Waals surface area contributed by atoms with Crippen molar-refractivity contribution in [3.05, 3.63) is 88.7 Å². The number of hydrogen-bond acceptors (Lipinski definition) is 4. The van der Waals surface area contributed by atoms with E-state index in [0.717, 1.165) is 16.7 Å². The van der Waals surface area contributed by atoms with Crippen LogP contribution in [0.2, 0.25) is 0 Å². The molecule has 4 rings (SSSR count). The lowest BCUT2D eigenvalue weighted by molar-refractivity contribution is 1.19. The van der Waals surface area contributed by atoms with Gasteiger partial charge in [-0.25, -0.2) is 15.1 Å². The summed E-state index contributed by atoms with van der Waals surface area (Å²) in [5.41, 5.74) is 5.51. The lowest BCUT2D eigenvalue weighted by atomic mass is 10.0. The van der Waals surface area contributed by atoms with Crippen molar-refractivity contribution in [3.63, 3.8) is 0 Å². The average Bonchev–Trinajstić information content (AvgIpc) is 3.03. The molecule has 0 unspecified atom stereocenters. The maximum Gasteiger partial charge on any atom is 0.271 e. The highest BCUT2D eigenvalue weighted by molar-refractivity contribution is 6.01. The SMILES string of the molecule is [C-]#[N+]C(C#N)=C1c2ccccc2-c2nc(-c3ccc(C#N)cc3)cnc21. The molecule has 0 fully saturated rings.